The molecule has 0 spiro atoms. The van der Waals surface area contributed by atoms with Gasteiger partial charge < -0.3 is 10.0 Å². The van der Waals surface area contributed by atoms with Crippen molar-refractivity contribution in [3.8, 4) is 0 Å². The lowest BCUT2D eigenvalue weighted by Gasteiger charge is -2.34. The lowest BCUT2D eigenvalue weighted by Crippen LogP contribution is -2.43. The molecule has 1 heterocycles. The Bertz CT molecular complexity index is 496. The van der Waals surface area contributed by atoms with E-state index in [0.717, 1.165) is 6.42 Å². The van der Waals surface area contributed by atoms with E-state index in [1.54, 1.807) is 6.92 Å². The fourth-order valence-electron chi connectivity index (χ4n) is 2.49. The summed E-state index contributed by atoms with van der Waals surface area (Å²) >= 11 is 0. The largest absolute Gasteiger partial charge is 0.393 e. The van der Waals surface area contributed by atoms with Gasteiger partial charge >= 0.3 is 0 Å². The minimum absolute atomic E-state index is 0.112. The van der Waals surface area contributed by atoms with Gasteiger partial charge in [0, 0.05) is 31.1 Å². The van der Waals surface area contributed by atoms with Crippen LogP contribution in [0.3, 0.4) is 0 Å². The predicted molar refractivity (Wildman–Crippen MR) is 66.6 cm³/mol. The van der Waals surface area contributed by atoms with Crippen LogP contribution in [0, 0.1) is 23.4 Å². The third-order valence-corrected chi connectivity index (χ3v) is 3.65. The van der Waals surface area contributed by atoms with Crippen molar-refractivity contribution in [1.82, 2.24) is 4.90 Å². The number of aliphatic hydroxyl groups excluding tert-OH is 1. The second-order valence-electron chi connectivity index (χ2n) is 5.14. The monoisotopic (exact) mass is 287 g/mol. The number of likely N-dealkylation sites (tertiary alicyclic amines) is 1. The quantitative estimate of drug-likeness (QED) is 0.907. The van der Waals surface area contributed by atoms with Crippen LogP contribution in [0.1, 0.15) is 30.1 Å². The predicted octanol–water partition coefficient (Wildman–Crippen LogP) is 2.34. The standard InChI is InChI=1S/C14H16F3NO2/c1-8(19)9-3-2-4-18(7-9)14(20)13-11(16)5-10(15)6-12(13)17/h5-6,8-9,19H,2-4,7H2,1H3. The zero-order chi connectivity index (χ0) is 14.9. The SMILES string of the molecule is CC(O)C1CCCN(C(=O)c2c(F)cc(F)cc2F)C1. The van der Waals surface area contributed by atoms with Gasteiger partial charge in [0.15, 0.2) is 0 Å². The van der Waals surface area contributed by atoms with Crippen LogP contribution < -0.4 is 0 Å². The zero-order valence-electron chi connectivity index (χ0n) is 11.1. The number of carbonyl (C=O) groups excluding carboxylic acids is 1. The number of aliphatic hydroxyl groups is 1. The molecule has 20 heavy (non-hydrogen) atoms. The second-order valence-corrected chi connectivity index (χ2v) is 5.14. The van der Waals surface area contributed by atoms with Crippen molar-refractivity contribution in [1.29, 1.82) is 0 Å². The molecule has 2 rings (SSSR count). The van der Waals surface area contributed by atoms with Gasteiger partial charge in [-0.15, -0.1) is 0 Å². The highest BCUT2D eigenvalue weighted by Crippen LogP contribution is 2.23. The van der Waals surface area contributed by atoms with E-state index in [0.29, 0.717) is 25.1 Å². The van der Waals surface area contributed by atoms with E-state index in [-0.39, 0.29) is 12.5 Å². The zero-order valence-corrected chi connectivity index (χ0v) is 11.1. The fraction of sp³-hybridized carbons (Fsp3) is 0.500. The minimum atomic E-state index is -1.20. The van der Waals surface area contributed by atoms with Gasteiger partial charge in [-0.05, 0) is 19.8 Å². The molecule has 1 aliphatic rings. The molecular weight excluding hydrogens is 271 g/mol. The van der Waals surface area contributed by atoms with Crippen molar-refractivity contribution < 1.29 is 23.1 Å². The van der Waals surface area contributed by atoms with Crippen LogP contribution in [0.25, 0.3) is 0 Å². The molecule has 6 heteroatoms. The van der Waals surface area contributed by atoms with E-state index in [9.17, 15) is 23.1 Å². The number of benzene rings is 1. The molecule has 0 aromatic heterocycles. The lowest BCUT2D eigenvalue weighted by atomic mass is 9.93. The summed E-state index contributed by atoms with van der Waals surface area (Å²) in [6.45, 7) is 2.24. The number of amides is 1. The molecule has 1 N–H and O–H groups in total. The highest BCUT2D eigenvalue weighted by atomic mass is 19.1. The van der Waals surface area contributed by atoms with E-state index in [1.807, 2.05) is 0 Å². The van der Waals surface area contributed by atoms with Gasteiger partial charge in [0.2, 0.25) is 0 Å². The molecule has 1 fully saturated rings. The van der Waals surface area contributed by atoms with Gasteiger partial charge in [-0.25, -0.2) is 13.2 Å². The van der Waals surface area contributed by atoms with Gasteiger partial charge in [0.05, 0.1) is 6.10 Å². The van der Waals surface area contributed by atoms with Gasteiger partial charge in [0.1, 0.15) is 23.0 Å². The molecule has 0 saturated carbocycles. The van der Waals surface area contributed by atoms with Crippen molar-refractivity contribution in [2.24, 2.45) is 5.92 Å². The molecule has 3 nitrogen and oxygen atoms in total. The molecule has 0 aliphatic carbocycles. The number of carbonyl (C=O) groups is 1. The lowest BCUT2D eigenvalue weighted by molar-refractivity contribution is 0.0459. The summed E-state index contributed by atoms with van der Waals surface area (Å²) in [5.74, 6) is -4.37. The summed E-state index contributed by atoms with van der Waals surface area (Å²) in [6.07, 6.45) is 0.829. The number of nitrogens with zero attached hydrogens (tertiary/aromatic N) is 1. The van der Waals surface area contributed by atoms with Crippen molar-refractivity contribution in [3.63, 3.8) is 0 Å². The summed E-state index contributed by atoms with van der Waals surface area (Å²) < 4.78 is 40.0. The Morgan fingerprint density at radius 3 is 2.50 bits per heavy atom. The van der Waals surface area contributed by atoms with Crippen molar-refractivity contribution in [2.75, 3.05) is 13.1 Å². The number of hydrogen-bond donors (Lipinski definition) is 1. The Morgan fingerprint density at radius 1 is 1.35 bits per heavy atom. The van der Waals surface area contributed by atoms with E-state index >= 15 is 0 Å². The smallest absolute Gasteiger partial charge is 0.259 e. The maximum absolute atomic E-state index is 13.6. The Morgan fingerprint density at radius 2 is 1.95 bits per heavy atom. The molecule has 2 unspecified atom stereocenters. The van der Waals surface area contributed by atoms with Crippen LogP contribution in [0.15, 0.2) is 12.1 Å². The average Bonchev–Trinajstić information content (AvgIpc) is 2.37. The number of piperidine rings is 1. The van der Waals surface area contributed by atoms with Crippen molar-refractivity contribution in [3.05, 3.63) is 35.1 Å². The molecule has 1 aliphatic heterocycles. The van der Waals surface area contributed by atoms with Gasteiger partial charge in [-0.3, -0.25) is 4.79 Å². The van der Waals surface area contributed by atoms with Crippen molar-refractivity contribution in [2.45, 2.75) is 25.9 Å². The third-order valence-electron chi connectivity index (χ3n) is 3.65. The van der Waals surface area contributed by atoms with Gasteiger partial charge in [0.25, 0.3) is 5.91 Å². The summed E-state index contributed by atoms with van der Waals surface area (Å²) in [4.78, 5) is 13.5. The van der Waals surface area contributed by atoms with E-state index in [1.165, 1.54) is 4.90 Å². The number of rotatable bonds is 2. The Hall–Kier alpha value is -1.56. The molecule has 1 aromatic rings. The summed E-state index contributed by atoms with van der Waals surface area (Å²) in [5, 5.41) is 9.56. The van der Waals surface area contributed by atoms with Crippen LogP contribution in [0.4, 0.5) is 13.2 Å². The fourth-order valence-corrected chi connectivity index (χ4v) is 2.49. The first-order valence-corrected chi connectivity index (χ1v) is 6.52. The van der Waals surface area contributed by atoms with Crippen molar-refractivity contribution >= 4 is 5.91 Å². The highest BCUT2D eigenvalue weighted by molar-refractivity contribution is 5.94. The molecule has 0 radical (unpaired) electrons. The first kappa shape index (κ1) is 14.8. The first-order chi connectivity index (χ1) is 9.40. The van der Waals surface area contributed by atoms with E-state index < -0.39 is 35.0 Å². The molecular formula is C14H16F3NO2. The molecule has 110 valence electrons. The van der Waals surface area contributed by atoms with Gasteiger partial charge in [-0.2, -0.15) is 0 Å². The topological polar surface area (TPSA) is 40.5 Å². The third kappa shape index (κ3) is 2.95. The molecule has 1 amide bonds. The maximum atomic E-state index is 13.6. The highest BCUT2D eigenvalue weighted by Gasteiger charge is 2.30. The van der Waals surface area contributed by atoms with Crippen LogP contribution in [0.2, 0.25) is 0 Å². The van der Waals surface area contributed by atoms with Crippen LogP contribution >= 0.6 is 0 Å². The molecule has 0 bridgehead atoms. The van der Waals surface area contributed by atoms with E-state index in [2.05, 4.69) is 0 Å². The molecule has 2 atom stereocenters. The summed E-state index contributed by atoms with van der Waals surface area (Å²) in [5.41, 5.74) is -0.738. The summed E-state index contributed by atoms with van der Waals surface area (Å²) in [7, 11) is 0. The number of hydrogen-bond acceptors (Lipinski definition) is 2. The second kappa shape index (κ2) is 5.83. The molecule has 1 aromatic carbocycles. The Kier molecular flexibility index (Phi) is 4.32. The van der Waals surface area contributed by atoms with Gasteiger partial charge in [-0.1, -0.05) is 0 Å². The van der Waals surface area contributed by atoms with Crippen LogP contribution in [-0.2, 0) is 0 Å². The van der Waals surface area contributed by atoms with Crippen LogP contribution in [-0.4, -0.2) is 35.1 Å². The normalized spacial score (nSPS) is 20.9. The van der Waals surface area contributed by atoms with E-state index in [4.69, 9.17) is 0 Å². The summed E-state index contributed by atoms with van der Waals surface area (Å²) in [6, 6.07) is 0.985. The van der Waals surface area contributed by atoms with Crippen LogP contribution in [0.5, 0.6) is 0 Å². The number of halogens is 3. The first-order valence-electron chi connectivity index (χ1n) is 6.52. The maximum Gasteiger partial charge on any atom is 0.259 e. The Balaban J connectivity index is 2.23. The molecule has 1 saturated heterocycles. The Labute approximate surface area is 115 Å². The minimum Gasteiger partial charge on any atom is -0.393 e. The average molecular weight is 287 g/mol.